The fourth-order valence-electron chi connectivity index (χ4n) is 3.95. The van der Waals surface area contributed by atoms with Crippen molar-refractivity contribution in [2.75, 3.05) is 18.4 Å². The molecule has 164 valence electrons. The molecule has 1 saturated heterocycles. The van der Waals surface area contributed by atoms with E-state index in [1.807, 2.05) is 41.3 Å². The van der Waals surface area contributed by atoms with E-state index >= 15 is 0 Å². The fourth-order valence-corrected chi connectivity index (χ4v) is 3.95. The maximum atomic E-state index is 12.7. The first kappa shape index (κ1) is 21.5. The Hall–Kier alpha value is -3.40. The summed E-state index contributed by atoms with van der Waals surface area (Å²) in [6.45, 7) is 1.86. The van der Waals surface area contributed by atoms with Crippen LogP contribution in [-0.4, -0.2) is 67.5 Å². The number of aromatic nitrogens is 5. The first-order chi connectivity index (χ1) is 15.9. The summed E-state index contributed by atoms with van der Waals surface area (Å²) in [4.78, 5) is 17.1. The van der Waals surface area contributed by atoms with Gasteiger partial charge in [-0.1, -0.05) is 6.07 Å². The Morgan fingerprint density at radius 1 is 1.15 bits per heavy atom. The molecule has 12 heteroatoms. The van der Waals surface area contributed by atoms with E-state index in [1.54, 1.807) is 0 Å². The SMILES string of the molecule is BC(B)(B)n1cc(-c2ccc3nnc(NC(=O)c4coc(C5CCNCC5)n4)cc3c2)cn1. The van der Waals surface area contributed by atoms with Gasteiger partial charge in [-0.25, -0.2) is 4.98 Å². The number of rotatable bonds is 5. The second-order valence-electron chi connectivity index (χ2n) is 9.40. The number of oxazole rings is 1. The van der Waals surface area contributed by atoms with Gasteiger partial charge in [0.2, 0.25) is 0 Å². The van der Waals surface area contributed by atoms with E-state index in [0.29, 0.717) is 11.7 Å². The van der Waals surface area contributed by atoms with Crippen molar-refractivity contribution < 1.29 is 9.21 Å². The van der Waals surface area contributed by atoms with Crippen LogP contribution in [-0.2, 0) is 5.24 Å². The van der Waals surface area contributed by atoms with Gasteiger partial charge in [0.25, 0.3) is 5.91 Å². The van der Waals surface area contributed by atoms with Crippen LogP contribution < -0.4 is 10.6 Å². The van der Waals surface area contributed by atoms with Crippen LogP contribution in [0.15, 0.2) is 47.3 Å². The molecule has 0 unspecified atom stereocenters. The van der Waals surface area contributed by atoms with Gasteiger partial charge >= 0.3 is 0 Å². The van der Waals surface area contributed by atoms with E-state index in [1.165, 1.54) is 6.26 Å². The third kappa shape index (κ3) is 4.56. The Labute approximate surface area is 194 Å². The summed E-state index contributed by atoms with van der Waals surface area (Å²) in [5.74, 6) is 0.859. The molecule has 0 spiro atoms. The first-order valence-corrected chi connectivity index (χ1v) is 11.2. The fraction of sp³-hybridized carbons (Fsp3) is 0.286. The van der Waals surface area contributed by atoms with Gasteiger partial charge in [-0.05, 0) is 54.9 Å². The van der Waals surface area contributed by atoms with Gasteiger partial charge < -0.3 is 15.1 Å². The Morgan fingerprint density at radius 2 is 1.97 bits per heavy atom. The standard InChI is InChI=1S/C21H24B3N7O2/c22-21(23,24)31-10-15(9-26-31)13-1-2-16-14(7-13)8-18(30-29-16)28-19(32)17-11-33-20(27-17)12-3-5-25-6-4-12/h1-2,7-12,25H,3-6,22-24H2,(H,28,30,32). The van der Waals surface area contributed by atoms with Crippen molar-refractivity contribution in [3.05, 3.63) is 54.5 Å². The van der Waals surface area contributed by atoms with E-state index in [9.17, 15) is 4.79 Å². The molecule has 0 aliphatic carbocycles. The molecule has 0 saturated carbocycles. The van der Waals surface area contributed by atoms with E-state index in [0.717, 1.165) is 48.0 Å². The number of carbonyl (C=O) groups excluding carboxylic acids is 1. The Morgan fingerprint density at radius 3 is 2.73 bits per heavy atom. The average Bonchev–Trinajstić information content (AvgIpc) is 3.49. The molecule has 1 aliphatic heterocycles. The van der Waals surface area contributed by atoms with E-state index in [2.05, 4.69) is 54.5 Å². The molecular formula is C21H24B3N7O2. The van der Waals surface area contributed by atoms with Gasteiger partial charge in [0.15, 0.2) is 17.4 Å². The quantitative estimate of drug-likeness (QED) is 0.410. The number of nitrogens with one attached hydrogen (secondary N) is 2. The number of amides is 1. The number of piperidine rings is 1. The lowest BCUT2D eigenvalue weighted by Gasteiger charge is -2.19. The van der Waals surface area contributed by atoms with Crippen molar-refractivity contribution in [2.24, 2.45) is 0 Å². The third-order valence-electron chi connectivity index (χ3n) is 5.87. The minimum absolute atomic E-state index is 0.0904. The summed E-state index contributed by atoms with van der Waals surface area (Å²) < 4.78 is 7.52. The highest BCUT2D eigenvalue weighted by Crippen LogP contribution is 2.26. The lowest BCUT2D eigenvalue weighted by atomic mass is 9.49. The molecule has 2 N–H and O–H groups in total. The van der Waals surface area contributed by atoms with Crippen molar-refractivity contribution in [3.63, 3.8) is 0 Å². The zero-order valence-corrected chi connectivity index (χ0v) is 19.0. The predicted molar refractivity (Wildman–Crippen MR) is 134 cm³/mol. The van der Waals surface area contributed by atoms with Crippen molar-refractivity contribution in [1.29, 1.82) is 0 Å². The van der Waals surface area contributed by atoms with Crippen LogP contribution in [0.1, 0.15) is 35.1 Å². The number of benzene rings is 1. The molecule has 1 aliphatic rings. The molecule has 3 aromatic heterocycles. The molecule has 9 nitrogen and oxygen atoms in total. The maximum Gasteiger partial charge on any atom is 0.278 e. The van der Waals surface area contributed by atoms with Crippen LogP contribution in [0.5, 0.6) is 0 Å². The van der Waals surface area contributed by atoms with Gasteiger partial charge in [-0.2, -0.15) is 5.10 Å². The topological polar surface area (TPSA) is 111 Å². The maximum absolute atomic E-state index is 12.7. The molecule has 1 amide bonds. The van der Waals surface area contributed by atoms with Gasteiger partial charge in [0.05, 0.1) is 11.7 Å². The molecule has 1 fully saturated rings. The molecule has 33 heavy (non-hydrogen) atoms. The lowest BCUT2D eigenvalue weighted by Crippen LogP contribution is -2.35. The summed E-state index contributed by atoms with van der Waals surface area (Å²) in [5, 5.41) is 19.8. The number of hydrogen-bond donors (Lipinski definition) is 2. The van der Waals surface area contributed by atoms with E-state index < -0.39 is 0 Å². The van der Waals surface area contributed by atoms with Gasteiger partial charge in [0, 0.05) is 23.1 Å². The zero-order chi connectivity index (χ0) is 23.0. The summed E-state index contributed by atoms with van der Waals surface area (Å²) in [5.41, 5.74) is 3.03. The van der Waals surface area contributed by atoms with E-state index in [4.69, 9.17) is 4.42 Å². The number of anilines is 1. The largest absolute Gasteiger partial charge is 0.448 e. The van der Waals surface area contributed by atoms with Crippen molar-refractivity contribution >= 4 is 46.2 Å². The van der Waals surface area contributed by atoms with Crippen LogP contribution in [0.2, 0.25) is 0 Å². The summed E-state index contributed by atoms with van der Waals surface area (Å²) in [6, 6.07) is 7.75. The van der Waals surface area contributed by atoms with Gasteiger partial charge in [-0.3, -0.25) is 9.48 Å². The van der Waals surface area contributed by atoms with E-state index in [-0.39, 0.29) is 22.8 Å². The number of nitrogens with zero attached hydrogens (tertiary/aromatic N) is 5. The highest BCUT2D eigenvalue weighted by molar-refractivity contribution is 6.56. The molecule has 4 aromatic rings. The number of fused-ring (bicyclic) bond motifs is 1. The summed E-state index contributed by atoms with van der Waals surface area (Å²) >= 11 is 0. The second kappa shape index (κ2) is 8.51. The Bertz CT molecular complexity index is 1310. The summed E-state index contributed by atoms with van der Waals surface area (Å²) in [7, 11) is 6.33. The van der Waals surface area contributed by atoms with Gasteiger partial charge in [0.1, 0.15) is 29.8 Å². The van der Waals surface area contributed by atoms with Crippen LogP contribution in [0.3, 0.4) is 0 Å². The number of hydrogen-bond acceptors (Lipinski definition) is 7. The highest BCUT2D eigenvalue weighted by Gasteiger charge is 2.22. The average molecular weight is 439 g/mol. The normalized spacial score (nSPS) is 15.0. The first-order valence-electron chi connectivity index (χ1n) is 11.2. The zero-order valence-electron chi connectivity index (χ0n) is 19.0. The molecule has 0 radical (unpaired) electrons. The van der Waals surface area contributed by atoms with Crippen LogP contribution >= 0.6 is 0 Å². The molecule has 1 aromatic carbocycles. The number of carbonyl (C=O) groups is 1. The molecule has 4 heterocycles. The molecule has 5 rings (SSSR count). The second-order valence-corrected chi connectivity index (χ2v) is 9.40. The van der Waals surface area contributed by atoms with Crippen LogP contribution in [0, 0.1) is 0 Å². The lowest BCUT2D eigenvalue weighted by molar-refractivity contribution is 0.102. The molecule has 0 atom stereocenters. The minimum Gasteiger partial charge on any atom is -0.448 e. The monoisotopic (exact) mass is 439 g/mol. The molecule has 0 bridgehead atoms. The third-order valence-corrected chi connectivity index (χ3v) is 5.87. The van der Waals surface area contributed by atoms with Gasteiger partial charge in [-0.15, -0.1) is 10.2 Å². The highest BCUT2D eigenvalue weighted by atomic mass is 16.3. The Balaban J connectivity index is 1.35. The van der Waals surface area contributed by atoms with Crippen LogP contribution in [0.4, 0.5) is 5.82 Å². The van der Waals surface area contributed by atoms with Crippen molar-refractivity contribution in [2.45, 2.75) is 24.0 Å². The van der Waals surface area contributed by atoms with Crippen LogP contribution in [0.25, 0.3) is 22.0 Å². The summed E-state index contributed by atoms with van der Waals surface area (Å²) in [6.07, 6.45) is 7.20. The molecular weight excluding hydrogens is 415 g/mol. The minimum atomic E-state index is -0.366. The predicted octanol–water partition coefficient (Wildman–Crippen LogP) is -0.332. The smallest absolute Gasteiger partial charge is 0.278 e. The Kier molecular flexibility index (Phi) is 5.53. The van der Waals surface area contributed by atoms with Crippen molar-refractivity contribution in [3.8, 4) is 11.1 Å². The van der Waals surface area contributed by atoms with Crippen molar-refractivity contribution in [1.82, 2.24) is 30.3 Å².